The van der Waals surface area contributed by atoms with E-state index in [0.29, 0.717) is 6.54 Å². The normalized spacial score (nSPS) is 20.6. The molecular weight excluding hydrogens is 173 g/mol. The lowest BCUT2D eigenvalue weighted by molar-refractivity contribution is 0.490. The monoisotopic (exact) mass is 181 g/mol. The van der Waals surface area contributed by atoms with Crippen LogP contribution in [0.15, 0.2) is 12.3 Å². The highest BCUT2D eigenvalue weighted by molar-refractivity contribution is 7.97. The first-order chi connectivity index (χ1) is 4.61. The second kappa shape index (κ2) is 2.94. The van der Waals surface area contributed by atoms with E-state index < -0.39 is 7.59 Å². The Balaban J connectivity index is 2.58. The summed E-state index contributed by atoms with van der Waals surface area (Å²) < 4.78 is 17.0. The number of rotatable bonds is 1. The summed E-state index contributed by atoms with van der Waals surface area (Å²) in [5.74, 6) is 0. The Kier molecular flexibility index (Phi) is 2.38. The van der Waals surface area contributed by atoms with E-state index in [1.54, 1.807) is 6.08 Å². The smallest absolute Gasteiger partial charge is 0.288 e. The van der Waals surface area contributed by atoms with Crippen molar-refractivity contribution in [1.29, 1.82) is 0 Å². The van der Waals surface area contributed by atoms with Gasteiger partial charge >= 0.3 is 0 Å². The minimum atomic E-state index is -3.12. The van der Waals surface area contributed by atoms with Gasteiger partial charge in [0.15, 0.2) is 12.2 Å². The molecule has 0 amide bonds. The average Bonchev–Trinajstić information content (AvgIpc) is 1.88. The van der Waals surface area contributed by atoms with Crippen LogP contribution in [0.25, 0.3) is 0 Å². The van der Waals surface area contributed by atoms with Gasteiger partial charge in [0, 0.05) is 6.54 Å². The highest BCUT2D eigenvalue weighted by Gasteiger charge is 2.23. The van der Waals surface area contributed by atoms with Crippen molar-refractivity contribution in [2.24, 2.45) is 11.0 Å². The number of nitrogens with two attached hydrogens (primary N) is 2. The van der Waals surface area contributed by atoms with Crippen LogP contribution in [0.4, 0.5) is 0 Å². The summed E-state index contributed by atoms with van der Waals surface area (Å²) in [5, 5.41) is 0. The van der Waals surface area contributed by atoms with E-state index in [1.807, 2.05) is 0 Å². The number of nitrogens with zero attached hydrogens (tertiary/aromatic N) is 1. The standard InChI is InChI=1S/C3H8N3O2PS/c4-9(5,7)6-2-1-3-8-10-6/h1,3H,2H2,(H4,4,5,7). The third-order valence-electron chi connectivity index (χ3n) is 0.891. The molecule has 7 heteroatoms. The molecule has 0 atom stereocenters. The van der Waals surface area contributed by atoms with Crippen LogP contribution in [-0.2, 0) is 8.75 Å². The van der Waals surface area contributed by atoms with Gasteiger partial charge in [0.05, 0.1) is 0 Å². The Morgan fingerprint density at radius 3 is 2.70 bits per heavy atom. The van der Waals surface area contributed by atoms with Crippen molar-refractivity contribution in [3.8, 4) is 0 Å². The van der Waals surface area contributed by atoms with E-state index in [9.17, 15) is 4.57 Å². The zero-order chi connectivity index (χ0) is 7.61. The highest BCUT2D eigenvalue weighted by Crippen LogP contribution is 2.39. The fourth-order valence-corrected chi connectivity index (χ4v) is 1.71. The van der Waals surface area contributed by atoms with E-state index >= 15 is 0 Å². The van der Waals surface area contributed by atoms with Crippen molar-refractivity contribution in [3.05, 3.63) is 12.3 Å². The molecule has 0 aromatic heterocycles. The summed E-state index contributed by atoms with van der Waals surface area (Å²) in [5.41, 5.74) is 10.3. The molecule has 1 heterocycles. The number of hydrogen-bond acceptors (Lipinski definition) is 3. The molecule has 0 aromatic carbocycles. The van der Waals surface area contributed by atoms with Gasteiger partial charge in [0.1, 0.15) is 6.26 Å². The quantitative estimate of drug-likeness (QED) is 0.346. The number of hydrogen-bond donors (Lipinski definition) is 2. The molecule has 1 aliphatic heterocycles. The lowest BCUT2D eigenvalue weighted by Crippen LogP contribution is -2.24. The SMILES string of the molecule is NP(N)(=O)N1CC=COS1. The zero-order valence-electron chi connectivity index (χ0n) is 5.14. The molecule has 58 valence electrons. The molecule has 0 fully saturated rings. The molecule has 5 nitrogen and oxygen atoms in total. The average molecular weight is 181 g/mol. The second-order valence-corrected chi connectivity index (χ2v) is 4.63. The van der Waals surface area contributed by atoms with E-state index in [1.165, 1.54) is 10.3 Å². The van der Waals surface area contributed by atoms with Gasteiger partial charge in [-0.2, -0.15) is 0 Å². The summed E-state index contributed by atoms with van der Waals surface area (Å²) in [6, 6.07) is 0. The van der Waals surface area contributed by atoms with Crippen LogP contribution < -0.4 is 11.0 Å². The van der Waals surface area contributed by atoms with Gasteiger partial charge < -0.3 is 4.18 Å². The van der Waals surface area contributed by atoms with E-state index in [4.69, 9.17) is 15.2 Å². The third-order valence-corrected chi connectivity index (χ3v) is 3.24. The molecule has 1 aliphatic rings. The van der Waals surface area contributed by atoms with Gasteiger partial charge in [-0.3, -0.25) is 15.6 Å². The lowest BCUT2D eigenvalue weighted by atomic mass is 10.6. The maximum absolute atomic E-state index is 10.9. The summed E-state index contributed by atoms with van der Waals surface area (Å²) in [6.45, 7) is 0.453. The molecule has 0 aliphatic carbocycles. The molecule has 0 aromatic rings. The Bertz CT molecular complexity index is 190. The second-order valence-electron chi connectivity index (χ2n) is 1.75. The maximum atomic E-state index is 10.9. The predicted octanol–water partition coefficient (Wildman–Crippen LogP) is 0.421. The Morgan fingerprint density at radius 1 is 1.70 bits per heavy atom. The lowest BCUT2D eigenvalue weighted by Gasteiger charge is -2.22. The van der Waals surface area contributed by atoms with Gasteiger partial charge in [-0.15, -0.1) is 4.08 Å². The van der Waals surface area contributed by atoms with Crippen molar-refractivity contribution < 1.29 is 8.75 Å². The van der Waals surface area contributed by atoms with E-state index in [0.717, 1.165) is 12.2 Å². The Hall–Kier alpha value is 0. The van der Waals surface area contributed by atoms with Crippen molar-refractivity contribution in [3.63, 3.8) is 0 Å². The van der Waals surface area contributed by atoms with E-state index in [-0.39, 0.29) is 0 Å². The molecule has 0 spiro atoms. The molecule has 0 saturated carbocycles. The van der Waals surface area contributed by atoms with Gasteiger partial charge in [0.2, 0.25) is 0 Å². The maximum Gasteiger partial charge on any atom is 0.288 e. The van der Waals surface area contributed by atoms with Gasteiger partial charge in [-0.05, 0) is 6.08 Å². The molecule has 10 heavy (non-hydrogen) atoms. The first kappa shape index (κ1) is 8.10. The van der Waals surface area contributed by atoms with Crippen molar-refractivity contribution in [1.82, 2.24) is 4.08 Å². The fourth-order valence-electron chi connectivity index (χ4n) is 0.457. The van der Waals surface area contributed by atoms with Crippen LogP contribution in [-0.4, -0.2) is 10.6 Å². The van der Waals surface area contributed by atoms with Crippen LogP contribution in [0.5, 0.6) is 0 Å². The molecule has 0 radical (unpaired) electrons. The van der Waals surface area contributed by atoms with Crippen LogP contribution in [0, 0.1) is 0 Å². The first-order valence-electron chi connectivity index (χ1n) is 2.54. The van der Waals surface area contributed by atoms with Crippen molar-refractivity contribution in [2.45, 2.75) is 0 Å². The summed E-state index contributed by atoms with van der Waals surface area (Å²) in [7, 11) is -3.12. The Labute approximate surface area is 63.3 Å². The third kappa shape index (κ3) is 2.00. The van der Waals surface area contributed by atoms with Crippen molar-refractivity contribution in [2.75, 3.05) is 6.54 Å². The molecule has 0 bridgehead atoms. The minimum absolute atomic E-state index is 0.453. The minimum Gasteiger partial charge on any atom is -0.417 e. The molecule has 4 N–H and O–H groups in total. The van der Waals surface area contributed by atoms with Crippen molar-refractivity contribution >= 4 is 19.8 Å². The molecule has 0 unspecified atom stereocenters. The van der Waals surface area contributed by atoms with Gasteiger partial charge in [-0.25, -0.2) is 0 Å². The fraction of sp³-hybridized carbons (Fsp3) is 0.333. The van der Waals surface area contributed by atoms with Gasteiger partial charge in [0.25, 0.3) is 7.59 Å². The molecule has 1 rings (SSSR count). The topological polar surface area (TPSA) is 81.6 Å². The van der Waals surface area contributed by atoms with Crippen LogP contribution in [0.1, 0.15) is 0 Å². The predicted molar refractivity (Wildman–Crippen MR) is 40.5 cm³/mol. The van der Waals surface area contributed by atoms with Gasteiger partial charge in [-0.1, -0.05) is 0 Å². The summed E-state index contributed by atoms with van der Waals surface area (Å²) >= 11 is 0.904. The molecular formula is C3H8N3O2PS. The summed E-state index contributed by atoms with van der Waals surface area (Å²) in [6.07, 6.45) is 3.18. The van der Waals surface area contributed by atoms with Crippen LogP contribution >= 0.6 is 19.8 Å². The largest absolute Gasteiger partial charge is 0.417 e. The zero-order valence-corrected chi connectivity index (χ0v) is 6.85. The first-order valence-corrected chi connectivity index (χ1v) is 5.04. The van der Waals surface area contributed by atoms with Crippen LogP contribution in [0.2, 0.25) is 0 Å². The molecule has 0 saturated heterocycles. The Morgan fingerprint density at radius 2 is 2.40 bits per heavy atom. The highest BCUT2D eigenvalue weighted by atomic mass is 32.2. The van der Waals surface area contributed by atoms with E-state index in [2.05, 4.69) is 0 Å². The van der Waals surface area contributed by atoms with Crippen LogP contribution in [0.3, 0.4) is 0 Å². The summed E-state index contributed by atoms with van der Waals surface area (Å²) in [4.78, 5) is 0.